The zero-order valence-electron chi connectivity index (χ0n) is 7.62. The summed E-state index contributed by atoms with van der Waals surface area (Å²) < 4.78 is 5.05. The third-order valence-electron chi connectivity index (χ3n) is 2.05. The second-order valence-corrected chi connectivity index (χ2v) is 3.45. The first kappa shape index (κ1) is 9.09. The van der Waals surface area contributed by atoms with Crippen molar-refractivity contribution in [3.05, 3.63) is 35.0 Å². The van der Waals surface area contributed by atoms with Crippen LogP contribution in [-0.2, 0) is 0 Å². The molecule has 0 aliphatic heterocycles. The molecule has 0 bridgehead atoms. The van der Waals surface area contributed by atoms with Crippen molar-refractivity contribution in [2.24, 2.45) is 0 Å². The summed E-state index contributed by atoms with van der Waals surface area (Å²) in [5.41, 5.74) is 8.02. The van der Waals surface area contributed by atoms with Gasteiger partial charge in [-0.1, -0.05) is 28.9 Å². The smallest absolute Gasteiger partial charge is 0.191 e. The molecule has 0 saturated heterocycles. The molecule has 1 aromatic heterocycles. The van der Waals surface area contributed by atoms with E-state index in [2.05, 4.69) is 5.16 Å². The maximum Gasteiger partial charge on any atom is 0.191 e. The van der Waals surface area contributed by atoms with Crippen molar-refractivity contribution in [2.45, 2.75) is 6.92 Å². The molecule has 14 heavy (non-hydrogen) atoms. The Kier molecular flexibility index (Phi) is 2.17. The first-order valence-corrected chi connectivity index (χ1v) is 4.53. The lowest BCUT2D eigenvalue weighted by Gasteiger charge is -2.04. The fourth-order valence-corrected chi connectivity index (χ4v) is 1.66. The highest BCUT2D eigenvalue weighted by Crippen LogP contribution is 2.34. The molecule has 0 aliphatic carbocycles. The minimum atomic E-state index is 0.501. The molecule has 1 aromatic carbocycles. The molecule has 1 heterocycles. The van der Waals surface area contributed by atoms with E-state index < -0.39 is 0 Å². The number of rotatable bonds is 1. The Morgan fingerprint density at radius 3 is 2.79 bits per heavy atom. The highest BCUT2D eigenvalue weighted by atomic mass is 35.5. The van der Waals surface area contributed by atoms with Gasteiger partial charge >= 0.3 is 0 Å². The number of nitrogen functional groups attached to an aromatic ring is 1. The minimum Gasteiger partial charge on any atom is -0.394 e. The van der Waals surface area contributed by atoms with Crippen molar-refractivity contribution in [2.75, 3.05) is 5.73 Å². The molecule has 0 saturated carbocycles. The molecule has 0 aliphatic rings. The molecule has 0 fully saturated rings. The fourth-order valence-electron chi connectivity index (χ4n) is 1.36. The van der Waals surface area contributed by atoms with Crippen molar-refractivity contribution in [1.82, 2.24) is 5.16 Å². The lowest BCUT2D eigenvalue weighted by atomic mass is 10.1. The number of hydrogen-bond donors (Lipinski definition) is 1. The maximum atomic E-state index is 6.05. The van der Waals surface area contributed by atoms with Gasteiger partial charge in [-0.2, -0.15) is 0 Å². The first-order valence-electron chi connectivity index (χ1n) is 4.16. The summed E-state index contributed by atoms with van der Waals surface area (Å²) in [6.45, 7) is 1.95. The van der Waals surface area contributed by atoms with Crippen molar-refractivity contribution in [3.8, 4) is 11.3 Å². The summed E-state index contributed by atoms with van der Waals surface area (Å²) in [7, 11) is 0. The molecule has 72 valence electrons. The van der Waals surface area contributed by atoms with Crippen LogP contribution in [0.25, 0.3) is 11.3 Å². The Balaban J connectivity index is 2.68. The predicted octanol–water partition coefficient (Wildman–Crippen LogP) is 2.89. The van der Waals surface area contributed by atoms with Gasteiger partial charge in [0.1, 0.15) is 5.69 Å². The van der Waals surface area contributed by atoms with E-state index in [4.69, 9.17) is 21.9 Å². The van der Waals surface area contributed by atoms with E-state index >= 15 is 0 Å². The predicted molar refractivity (Wildman–Crippen MR) is 56.1 cm³/mol. The van der Waals surface area contributed by atoms with Crippen molar-refractivity contribution in [3.63, 3.8) is 0 Å². The number of halogens is 1. The number of anilines is 1. The molecule has 0 spiro atoms. The largest absolute Gasteiger partial charge is 0.394 e. The fraction of sp³-hybridized carbons (Fsp3) is 0.100. The average Bonchev–Trinajstić information content (AvgIpc) is 2.52. The lowest BCUT2D eigenvalue weighted by molar-refractivity contribution is 0.432. The number of nitrogens with two attached hydrogens (primary N) is 1. The molecule has 0 unspecified atom stereocenters. The second kappa shape index (κ2) is 3.35. The quantitative estimate of drug-likeness (QED) is 0.784. The normalized spacial score (nSPS) is 10.4. The van der Waals surface area contributed by atoms with Crippen molar-refractivity contribution >= 4 is 17.3 Å². The highest BCUT2D eigenvalue weighted by Gasteiger charge is 2.13. The maximum absolute atomic E-state index is 6.05. The van der Waals surface area contributed by atoms with E-state index in [0.29, 0.717) is 16.5 Å². The van der Waals surface area contributed by atoms with Crippen LogP contribution < -0.4 is 5.73 Å². The van der Waals surface area contributed by atoms with Crippen molar-refractivity contribution < 1.29 is 4.52 Å². The summed E-state index contributed by atoms with van der Waals surface area (Å²) in [5, 5.41) is 4.24. The summed E-state index contributed by atoms with van der Waals surface area (Å²) in [5.74, 6) is 0.535. The zero-order valence-corrected chi connectivity index (χ0v) is 8.38. The van der Waals surface area contributed by atoms with E-state index in [0.717, 1.165) is 11.1 Å². The summed E-state index contributed by atoms with van der Waals surface area (Å²) in [6, 6.07) is 5.63. The van der Waals surface area contributed by atoms with Gasteiger partial charge in [0.25, 0.3) is 0 Å². The lowest BCUT2D eigenvalue weighted by Crippen LogP contribution is -1.88. The van der Waals surface area contributed by atoms with Gasteiger partial charge in [-0.25, -0.2) is 0 Å². The van der Waals surface area contributed by atoms with E-state index in [1.165, 1.54) is 6.20 Å². The molecule has 2 rings (SSSR count). The van der Waals surface area contributed by atoms with Gasteiger partial charge < -0.3 is 10.3 Å². The van der Waals surface area contributed by atoms with Crippen LogP contribution in [-0.4, -0.2) is 5.16 Å². The summed E-state index contributed by atoms with van der Waals surface area (Å²) in [6.07, 6.45) is 1.47. The summed E-state index contributed by atoms with van der Waals surface area (Å²) in [4.78, 5) is 0. The van der Waals surface area contributed by atoms with Crippen LogP contribution >= 0.6 is 11.6 Å². The van der Waals surface area contributed by atoms with Crippen LogP contribution in [0.15, 0.2) is 28.9 Å². The van der Waals surface area contributed by atoms with Gasteiger partial charge in [0.05, 0.1) is 11.2 Å². The average molecular weight is 209 g/mol. The van der Waals surface area contributed by atoms with Crippen LogP contribution in [0.2, 0.25) is 5.02 Å². The van der Waals surface area contributed by atoms with Gasteiger partial charge in [0, 0.05) is 5.56 Å². The van der Waals surface area contributed by atoms with Gasteiger partial charge in [0.15, 0.2) is 5.76 Å². The van der Waals surface area contributed by atoms with E-state index in [-0.39, 0.29) is 0 Å². The third kappa shape index (κ3) is 1.36. The zero-order chi connectivity index (χ0) is 10.1. The van der Waals surface area contributed by atoms with E-state index in [9.17, 15) is 0 Å². The van der Waals surface area contributed by atoms with Crippen molar-refractivity contribution in [1.29, 1.82) is 0 Å². The molecule has 0 atom stereocenters. The third-order valence-corrected chi connectivity index (χ3v) is 2.36. The monoisotopic (exact) mass is 208 g/mol. The Bertz CT molecular complexity index is 445. The molecule has 3 nitrogen and oxygen atoms in total. The van der Waals surface area contributed by atoms with Gasteiger partial charge in [-0.3, -0.25) is 0 Å². The van der Waals surface area contributed by atoms with Gasteiger partial charge in [0.2, 0.25) is 0 Å². The molecule has 2 aromatic rings. The van der Waals surface area contributed by atoms with Crippen LogP contribution in [0, 0.1) is 6.92 Å². The van der Waals surface area contributed by atoms with Crippen LogP contribution in [0.5, 0.6) is 0 Å². The Morgan fingerprint density at radius 2 is 2.21 bits per heavy atom. The molecular formula is C10H9ClN2O. The topological polar surface area (TPSA) is 52.0 Å². The molecule has 2 N–H and O–H groups in total. The van der Waals surface area contributed by atoms with Gasteiger partial charge in [-0.15, -0.1) is 0 Å². The number of aryl methyl sites for hydroxylation is 1. The number of hydrogen-bond acceptors (Lipinski definition) is 3. The molecule has 0 amide bonds. The Morgan fingerprint density at radius 1 is 1.43 bits per heavy atom. The number of nitrogens with zero attached hydrogens (tertiary/aromatic N) is 1. The Hall–Kier alpha value is -1.48. The van der Waals surface area contributed by atoms with Crippen LogP contribution in [0.3, 0.4) is 0 Å². The number of aromatic nitrogens is 1. The van der Waals surface area contributed by atoms with E-state index in [1.807, 2.05) is 19.1 Å². The van der Waals surface area contributed by atoms with E-state index in [1.54, 1.807) is 6.07 Å². The van der Waals surface area contributed by atoms with Gasteiger partial charge in [-0.05, 0) is 18.6 Å². The van der Waals surface area contributed by atoms with Crippen LogP contribution in [0.4, 0.5) is 5.69 Å². The first-order chi connectivity index (χ1) is 6.70. The minimum absolute atomic E-state index is 0.501. The SMILES string of the molecule is Cc1cccc(Cl)c1-c1oncc1N. The molecular weight excluding hydrogens is 200 g/mol. The highest BCUT2D eigenvalue weighted by molar-refractivity contribution is 6.33. The Labute approximate surface area is 86.5 Å². The molecule has 4 heteroatoms. The second-order valence-electron chi connectivity index (χ2n) is 3.04. The number of benzene rings is 1. The molecule has 0 radical (unpaired) electrons. The van der Waals surface area contributed by atoms with Crippen LogP contribution in [0.1, 0.15) is 5.56 Å². The standard InChI is InChI=1S/C10H9ClN2O/c1-6-3-2-4-7(11)9(6)10-8(12)5-13-14-10/h2-5H,12H2,1H3. The summed E-state index contributed by atoms with van der Waals surface area (Å²) >= 11 is 6.05.